The van der Waals surface area contributed by atoms with Gasteiger partial charge in [-0.15, -0.1) is 0 Å². The van der Waals surface area contributed by atoms with Crippen molar-refractivity contribution in [3.63, 3.8) is 0 Å². The van der Waals surface area contributed by atoms with E-state index in [2.05, 4.69) is 0 Å². The molecule has 27 heavy (non-hydrogen) atoms. The summed E-state index contributed by atoms with van der Waals surface area (Å²) in [7, 11) is -3.66. The van der Waals surface area contributed by atoms with Crippen molar-refractivity contribution in [2.45, 2.75) is 24.7 Å². The molecule has 0 N–H and O–H groups in total. The first-order valence-corrected chi connectivity index (χ1v) is 10.3. The van der Waals surface area contributed by atoms with E-state index in [9.17, 15) is 17.6 Å². The average molecular weight is 391 g/mol. The molecule has 0 spiro atoms. The van der Waals surface area contributed by atoms with E-state index in [1.54, 1.807) is 24.3 Å². The fourth-order valence-corrected chi connectivity index (χ4v) is 4.75. The third-order valence-electron chi connectivity index (χ3n) is 4.66. The van der Waals surface area contributed by atoms with Crippen LogP contribution in [0.2, 0.25) is 0 Å². The number of hydrogen-bond donors (Lipinski definition) is 0. The second kappa shape index (κ2) is 8.19. The third kappa shape index (κ3) is 4.73. The van der Waals surface area contributed by atoms with Crippen LogP contribution in [0.5, 0.6) is 5.75 Å². The maximum atomic E-state index is 13.0. The van der Waals surface area contributed by atoms with E-state index < -0.39 is 10.0 Å². The molecule has 1 atom stereocenters. The molecule has 1 aliphatic rings. The monoisotopic (exact) mass is 391 g/mol. The Kier molecular flexibility index (Phi) is 5.92. The van der Waals surface area contributed by atoms with Crippen LogP contribution in [0.25, 0.3) is 0 Å². The number of sulfonamides is 1. The summed E-state index contributed by atoms with van der Waals surface area (Å²) in [5.74, 6) is 0.112. The van der Waals surface area contributed by atoms with Gasteiger partial charge in [-0.25, -0.2) is 12.8 Å². The summed E-state index contributed by atoms with van der Waals surface area (Å²) in [5.41, 5.74) is 0.379. The smallest absolute Gasteiger partial charge is 0.243 e. The summed E-state index contributed by atoms with van der Waals surface area (Å²) in [6.45, 7) is 2.58. The van der Waals surface area contributed by atoms with Gasteiger partial charge >= 0.3 is 0 Å². The normalized spacial score (nSPS) is 18.2. The molecule has 5 nitrogen and oxygen atoms in total. The van der Waals surface area contributed by atoms with Gasteiger partial charge in [0.25, 0.3) is 0 Å². The highest BCUT2D eigenvalue weighted by Crippen LogP contribution is 2.25. The van der Waals surface area contributed by atoms with Crippen LogP contribution >= 0.6 is 0 Å². The van der Waals surface area contributed by atoms with Crippen molar-refractivity contribution in [2.24, 2.45) is 5.92 Å². The van der Waals surface area contributed by atoms with Crippen molar-refractivity contribution in [3.8, 4) is 5.75 Å². The van der Waals surface area contributed by atoms with Crippen molar-refractivity contribution < 1.29 is 22.3 Å². The van der Waals surface area contributed by atoms with Gasteiger partial charge in [0.05, 0.1) is 11.5 Å². The Labute approximate surface area is 158 Å². The summed E-state index contributed by atoms with van der Waals surface area (Å²) in [5, 5.41) is 0. The fourth-order valence-electron chi connectivity index (χ4n) is 3.15. The summed E-state index contributed by atoms with van der Waals surface area (Å²) in [6, 6.07) is 11.9. The lowest BCUT2D eigenvalue weighted by Gasteiger charge is -2.31. The molecule has 1 fully saturated rings. The summed E-state index contributed by atoms with van der Waals surface area (Å²) in [4.78, 5) is 11.7. The van der Waals surface area contributed by atoms with Crippen molar-refractivity contribution in [2.75, 3.05) is 19.7 Å². The van der Waals surface area contributed by atoms with E-state index in [1.807, 2.05) is 0 Å². The highest BCUT2D eigenvalue weighted by atomic mass is 32.2. The molecule has 7 heteroatoms. The van der Waals surface area contributed by atoms with E-state index in [0.29, 0.717) is 31.0 Å². The van der Waals surface area contributed by atoms with E-state index in [1.165, 1.54) is 35.5 Å². The standard InChI is InChI=1S/C20H22FNO4S/c1-15(23)17-5-2-6-20(12-17)27(24,25)22-11-3-4-16(13-22)14-26-19-9-7-18(21)8-10-19/h2,5-10,12,16H,3-4,11,13-14H2,1H3. The zero-order valence-electron chi connectivity index (χ0n) is 15.1. The van der Waals surface area contributed by atoms with Crippen LogP contribution in [0.1, 0.15) is 30.1 Å². The minimum atomic E-state index is -3.66. The molecule has 2 aromatic carbocycles. The van der Waals surface area contributed by atoms with Gasteiger partial charge in [-0.1, -0.05) is 12.1 Å². The molecule has 0 aromatic heterocycles. The van der Waals surface area contributed by atoms with E-state index in [4.69, 9.17) is 4.74 Å². The van der Waals surface area contributed by atoms with Crippen LogP contribution in [0.3, 0.4) is 0 Å². The van der Waals surface area contributed by atoms with Crippen molar-refractivity contribution in [1.29, 1.82) is 0 Å². The maximum Gasteiger partial charge on any atom is 0.243 e. The lowest BCUT2D eigenvalue weighted by atomic mass is 10.0. The molecular formula is C20H22FNO4S. The predicted molar refractivity (Wildman–Crippen MR) is 99.8 cm³/mol. The Morgan fingerprint density at radius 1 is 1.22 bits per heavy atom. The lowest BCUT2D eigenvalue weighted by Crippen LogP contribution is -2.41. The number of nitrogens with zero attached hydrogens (tertiary/aromatic N) is 1. The molecule has 1 aliphatic heterocycles. The van der Waals surface area contributed by atoms with Crippen LogP contribution in [-0.4, -0.2) is 38.2 Å². The quantitative estimate of drug-likeness (QED) is 0.707. The second-order valence-corrected chi connectivity index (χ2v) is 8.66. The second-order valence-electron chi connectivity index (χ2n) is 6.72. The van der Waals surface area contributed by atoms with Gasteiger partial charge < -0.3 is 4.74 Å². The molecule has 1 heterocycles. The molecule has 144 valence electrons. The number of rotatable bonds is 6. The number of ether oxygens (including phenoxy) is 1. The van der Waals surface area contributed by atoms with Crippen molar-refractivity contribution >= 4 is 15.8 Å². The first kappa shape index (κ1) is 19.5. The Morgan fingerprint density at radius 3 is 2.67 bits per heavy atom. The first-order chi connectivity index (χ1) is 12.9. The molecule has 0 aliphatic carbocycles. The maximum absolute atomic E-state index is 13.0. The zero-order valence-corrected chi connectivity index (χ0v) is 15.9. The minimum Gasteiger partial charge on any atom is -0.493 e. The fraction of sp³-hybridized carbons (Fsp3) is 0.350. The predicted octanol–water partition coefficient (Wildman–Crippen LogP) is 3.51. The van der Waals surface area contributed by atoms with Crippen LogP contribution < -0.4 is 4.74 Å². The molecule has 0 saturated carbocycles. The summed E-state index contributed by atoms with van der Waals surface area (Å²) >= 11 is 0. The number of piperidine rings is 1. The molecular weight excluding hydrogens is 369 g/mol. The molecule has 0 radical (unpaired) electrons. The minimum absolute atomic E-state index is 0.0505. The molecule has 3 rings (SSSR count). The van der Waals surface area contributed by atoms with Gasteiger partial charge in [-0.05, 0) is 56.2 Å². The Morgan fingerprint density at radius 2 is 1.96 bits per heavy atom. The van der Waals surface area contributed by atoms with Gasteiger partial charge in [-0.3, -0.25) is 4.79 Å². The van der Waals surface area contributed by atoms with E-state index >= 15 is 0 Å². The number of carbonyl (C=O) groups excluding carboxylic acids is 1. The van der Waals surface area contributed by atoms with Crippen molar-refractivity contribution in [1.82, 2.24) is 4.31 Å². The van der Waals surface area contributed by atoms with E-state index in [0.717, 1.165) is 12.8 Å². The Bertz CT molecular complexity index is 912. The van der Waals surface area contributed by atoms with Crippen LogP contribution in [0, 0.1) is 11.7 Å². The van der Waals surface area contributed by atoms with Crippen LogP contribution in [0.4, 0.5) is 4.39 Å². The van der Waals surface area contributed by atoms with Crippen molar-refractivity contribution in [3.05, 3.63) is 59.9 Å². The largest absolute Gasteiger partial charge is 0.493 e. The molecule has 2 aromatic rings. The SMILES string of the molecule is CC(=O)c1cccc(S(=O)(=O)N2CCCC(COc3ccc(F)cc3)C2)c1. The van der Waals surface area contributed by atoms with Crippen LogP contribution in [-0.2, 0) is 10.0 Å². The highest BCUT2D eigenvalue weighted by molar-refractivity contribution is 7.89. The number of benzene rings is 2. The van der Waals surface area contributed by atoms with Gasteiger partial charge in [0.2, 0.25) is 10.0 Å². The molecule has 1 saturated heterocycles. The van der Waals surface area contributed by atoms with Gasteiger partial charge in [0.15, 0.2) is 5.78 Å². The number of Topliss-reactive ketones (excluding diaryl/α,β-unsaturated/α-hetero) is 1. The first-order valence-electron chi connectivity index (χ1n) is 8.86. The molecule has 0 bridgehead atoms. The Balaban J connectivity index is 1.68. The number of halogens is 1. The molecule has 1 unspecified atom stereocenters. The zero-order chi connectivity index (χ0) is 19.4. The molecule has 0 amide bonds. The van der Waals surface area contributed by atoms with Gasteiger partial charge in [0.1, 0.15) is 11.6 Å². The van der Waals surface area contributed by atoms with E-state index in [-0.39, 0.29) is 22.4 Å². The number of hydrogen-bond acceptors (Lipinski definition) is 4. The third-order valence-corrected chi connectivity index (χ3v) is 6.52. The summed E-state index contributed by atoms with van der Waals surface area (Å²) < 4.78 is 46.0. The number of ketones is 1. The lowest BCUT2D eigenvalue weighted by molar-refractivity contribution is 0.101. The number of carbonyl (C=O) groups is 1. The Hall–Kier alpha value is -2.25. The van der Waals surface area contributed by atoms with Gasteiger partial charge in [-0.2, -0.15) is 4.31 Å². The topological polar surface area (TPSA) is 63.7 Å². The van der Waals surface area contributed by atoms with Gasteiger partial charge in [0, 0.05) is 24.6 Å². The summed E-state index contributed by atoms with van der Waals surface area (Å²) in [6.07, 6.45) is 1.60. The average Bonchev–Trinajstić information content (AvgIpc) is 2.68. The van der Waals surface area contributed by atoms with Crippen LogP contribution in [0.15, 0.2) is 53.4 Å². The highest BCUT2D eigenvalue weighted by Gasteiger charge is 2.30.